The summed E-state index contributed by atoms with van der Waals surface area (Å²) in [6.07, 6.45) is 0. The summed E-state index contributed by atoms with van der Waals surface area (Å²) in [5.74, 6) is 6.99. The van der Waals surface area contributed by atoms with Crippen LogP contribution in [0.3, 0.4) is 0 Å². The van der Waals surface area contributed by atoms with Gasteiger partial charge in [-0.15, -0.1) is 0 Å². The Morgan fingerprint density at radius 2 is 1.68 bits per heavy atom. The average Bonchev–Trinajstić information content (AvgIpc) is 2.57. The maximum Gasteiger partial charge on any atom is 0.344 e. The molecule has 4 heteroatoms. The van der Waals surface area contributed by atoms with Crippen LogP contribution in [0.4, 0.5) is 0 Å². The maximum atomic E-state index is 12.0. The molecule has 0 fully saturated rings. The summed E-state index contributed by atoms with van der Waals surface area (Å²) in [5, 5.41) is 1.42. The highest BCUT2D eigenvalue weighted by Crippen LogP contribution is 2.21. The Bertz CT molecular complexity index is 961. The fourth-order valence-corrected chi connectivity index (χ4v) is 2.83. The topological polar surface area (TPSA) is 39.4 Å². The van der Waals surface area contributed by atoms with E-state index in [1.807, 2.05) is 42.5 Å². The van der Waals surface area contributed by atoms with Crippen LogP contribution in [0.25, 0.3) is 10.8 Å². The molecule has 3 nitrogen and oxygen atoms in total. The average molecular weight is 402 g/mol. The van der Waals surface area contributed by atoms with Gasteiger partial charge in [0.15, 0.2) is 5.76 Å². The van der Waals surface area contributed by atoms with E-state index in [1.54, 1.807) is 13.2 Å². The third-order valence-electron chi connectivity index (χ3n) is 3.20. The quantitative estimate of drug-likeness (QED) is 0.459. The molecule has 0 saturated carbocycles. The van der Waals surface area contributed by atoms with Crippen LogP contribution in [-0.2, 0) is 0 Å². The second kappa shape index (κ2) is 6.24. The Labute approximate surface area is 141 Å². The molecule has 0 atom stereocenters. The molecule has 1 aromatic heterocycles. The number of para-hydroxylation sites is 1. The number of methoxy groups -OCH3 is 1. The van der Waals surface area contributed by atoms with E-state index in [-0.39, 0.29) is 5.63 Å². The number of hydrogen-bond donors (Lipinski definition) is 0. The van der Waals surface area contributed by atoms with Gasteiger partial charge in [0.05, 0.1) is 21.6 Å². The minimum atomic E-state index is -0.375. The predicted molar refractivity (Wildman–Crippen MR) is 94.2 cm³/mol. The zero-order valence-electron chi connectivity index (χ0n) is 11.7. The summed E-state index contributed by atoms with van der Waals surface area (Å²) >= 11 is 2.15. The normalized spacial score (nSPS) is 10.1. The fourth-order valence-electron chi connectivity index (χ4n) is 2.12. The first-order chi connectivity index (χ1) is 10.7. The molecular weight excluding hydrogens is 391 g/mol. The standard InChI is InChI=1S/C18H11IO3/c1-21-15-9-5-2-6-12(15)10-11-16-17(19)13-7-3-4-8-14(13)18(20)22-16/h2-9H,1H3. The van der Waals surface area contributed by atoms with Gasteiger partial charge >= 0.3 is 5.63 Å². The molecule has 0 N–H and O–H groups in total. The number of benzene rings is 2. The van der Waals surface area contributed by atoms with Gasteiger partial charge in [0.1, 0.15) is 5.75 Å². The third-order valence-corrected chi connectivity index (χ3v) is 4.27. The van der Waals surface area contributed by atoms with Gasteiger partial charge in [0.25, 0.3) is 0 Å². The maximum absolute atomic E-state index is 12.0. The van der Waals surface area contributed by atoms with Crippen LogP contribution in [0.1, 0.15) is 11.3 Å². The second-order valence-corrected chi connectivity index (χ2v) is 5.61. The summed E-state index contributed by atoms with van der Waals surface area (Å²) in [6, 6.07) is 14.8. The van der Waals surface area contributed by atoms with Crippen molar-refractivity contribution >= 4 is 33.4 Å². The molecule has 2 aromatic carbocycles. The number of halogens is 1. The molecule has 0 spiro atoms. The van der Waals surface area contributed by atoms with Gasteiger partial charge < -0.3 is 9.15 Å². The monoisotopic (exact) mass is 402 g/mol. The van der Waals surface area contributed by atoms with Crippen LogP contribution in [-0.4, -0.2) is 7.11 Å². The molecular formula is C18H11IO3. The van der Waals surface area contributed by atoms with Crippen molar-refractivity contribution in [2.24, 2.45) is 0 Å². The highest BCUT2D eigenvalue weighted by Gasteiger charge is 2.09. The number of ether oxygens (including phenoxy) is 1. The summed E-state index contributed by atoms with van der Waals surface area (Å²) in [5.41, 5.74) is 0.372. The highest BCUT2D eigenvalue weighted by atomic mass is 127. The van der Waals surface area contributed by atoms with E-state index >= 15 is 0 Å². The lowest BCUT2D eigenvalue weighted by Crippen LogP contribution is -2.03. The first kappa shape index (κ1) is 14.7. The summed E-state index contributed by atoms with van der Waals surface area (Å²) in [4.78, 5) is 12.0. The Morgan fingerprint density at radius 3 is 2.45 bits per heavy atom. The Hall–Kier alpha value is -2.26. The highest BCUT2D eigenvalue weighted by molar-refractivity contribution is 14.1. The van der Waals surface area contributed by atoms with Crippen molar-refractivity contribution in [3.63, 3.8) is 0 Å². The molecule has 108 valence electrons. The molecule has 0 bridgehead atoms. The SMILES string of the molecule is COc1ccccc1C#Cc1oc(=O)c2ccccc2c1I. The minimum absolute atomic E-state index is 0.371. The molecule has 0 unspecified atom stereocenters. The second-order valence-electron chi connectivity index (χ2n) is 4.53. The van der Waals surface area contributed by atoms with E-state index in [4.69, 9.17) is 9.15 Å². The molecule has 0 aliphatic rings. The smallest absolute Gasteiger partial charge is 0.344 e. The largest absolute Gasteiger partial charge is 0.495 e. The first-order valence-corrected chi connectivity index (χ1v) is 7.65. The zero-order chi connectivity index (χ0) is 15.5. The summed E-state index contributed by atoms with van der Waals surface area (Å²) in [6.45, 7) is 0. The third kappa shape index (κ3) is 2.72. The van der Waals surface area contributed by atoms with E-state index in [0.717, 1.165) is 14.5 Å². The van der Waals surface area contributed by atoms with Gasteiger partial charge in [-0.25, -0.2) is 4.79 Å². The molecule has 3 rings (SSSR count). The Morgan fingerprint density at radius 1 is 1.00 bits per heavy atom. The first-order valence-electron chi connectivity index (χ1n) is 6.57. The minimum Gasteiger partial charge on any atom is -0.495 e. The summed E-state index contributed by atoms with van der Waals surface area (Å²) < 4.78 is 11.4. The van der Waals surface area contributed by atoms with Crippen molar-refractivity contribution in [2.75, 3.05) is 7.11 Å². The van der Waals surface area contributed by atoms with Crippen molar-refractivity contribution in [1.29, 1.82) is 0 Å². The van der Waals surface area contributed by atoms with Crippen molar-refractivity contribution in [2.45, 2.75) is 0 Å². The van der Waals surface area contributed by atoms with E-state index in [2.05, 4.69) is 34.4 Å². The molecule has 0 amide bonds. The molecule has 1 heterocycles. The van der Waals surface area contributed by atoms with Gasteiger partial charge in [0.2, 0.25) is 0 Å². The molecule has 0 saturated heterocycles. The van der Waals surface area contributed by atoms with Crippen molar-refractivity contribution in [3.05, 3.63) is 73.8 Å². The molecule has 0 aliphatic heterocycles. The van der Waals surface area contributed by atoms with Gasteiger partial charge in [-0.3, -0.25) is 0 Å². The lowest BCUT2D eigenvalue weighted by Gasteiger charge is -2.02. The van der Waals surface area contributed by atoms with Crippen molar-refractivity contribution in [3.8, 4) is 17.6 Å². The molecule has 0 radical (unpaired) electrons. The van der Waals surface area contributed by atoms with Crippen LogP contribution >= 0.6 is 22.6 Å². The fraction of sp³-hybridized carbons (Fsp3) is 0.0556. The van der Waals surface area contributed by atoms with Crippen LogP contribution in [0.5, 0.6) is 5.75 Å². The van der Waals surface area contributed by atoms with Gasteiger partial charge in [-0.2, -0.15) is 0 Å². The van der Waals surface area contributed by atoms with E-state index < -0.39 is 0 Å². The molecule has 22 heavy (non-hydrogen) atoms. The predicted octanol–water partition coefficient (Wildman–Crippen LogP) is 3.81. The van der Waals surface area contributed by atoms with E-state index in [9.17, 15) is 4.79 Å². The number of rotatable bonds is 1. The van der Waals surface area contributed by atoms with Crippen LogP contribution in [0.2, 0.25) is 0 Å². The molecule has 3 aromatic rings. The lowest BCUT2D eigenvalue weighted by atomic mass is 10.1. The van der Waals surface area contributed by atoms with Crippen LogP contribution in [0.15, 0.2) is 57.7 Å². The Balaban J connectivity index is 2.15. The van der Waals surface area contributed by atoms with Gasteiger partial charge in [0, 0.05) is 5.39 Å². The van der Waals surface area contributed by atoms with E-state index in [0.29, 0.717) is 16.9 Å². The van der Waals surface area contributed by atoms with Gasteiger partial charge in [-0.05, 0) is 46.7 Å². The zero-order valence-corrected chi connectivity index (χ0v) is 13.9. The van der Waals surface area contributed by atoms with Crippen LogP contribution in [0, 0.1) is 15.4 Å². The number of hydrogen-bond acceptors (Lipinski definition) is 3. The Kier molecular flexibility index (Phi) is 4.16. The van der Waals surface area contributed by atoms with Crippen molar-refractivity contribution < 1.29 is 9.15 Å². The summed E-state index contributed by atoms with van der Waals surface area (Å²) in [7, 11) is 1.60. The van der Waals surface area contributed by atoms with E-state index in [1.165, 1.54) is 0 Å². The van der Waals surface area contributed by atoms with Crippen LogP contribution < -0.4 is 10.4 Å². The molecule has 0 aliphatic carbocycles. The van der Waals surface area contributed by atoms with Crippen molar-refractivity contribution in [1.82, 2.24) is 0 Å². The lowest BCUT2D eigenvalue weighted by molar-refractivity contribution is 0.413. The van der Waals surface area contributed by atoms with Gasteiger partial charge in [-0.1, -0.05) is 36.3 Å². The number of fused-ring (bicyclic) bond motifs is 1.